The van der Waals surface area contributed by atoms with Gasteiger partial charge >= 0.3 is 0 Å². The Bertz CT molecular complexity index is 685. The first-order chi connectivity index (χ1) is 11.3. The van der Waals surface area contributed by atoms with Gasteiger partial charge in [0, 0.05) is 12.6 Å². The molecule has 1 aliphatic heterocycles. The predicted octanol–water partition coefficient (Wildman–Crippen LogP) is 1.78. The lowest BCUT2D eigenvalue weighted by molar-refractivity contribution is -0.384. The van der Waals surface area contributed by atoms with Crippen LogP contribution in [-0.2, 0) is 10.0 Å². The van der Waals surface area contributed by atoms with Crippen molar-refractivity contribution in [3.63, 3.8) is 0 Å². The summed E-state index contributed by atoms with van der Waals surface area (Å²) in [6.45, 7) is 6.00. The van der Waals surface area contributed by atoms with Crippen LogP contribution in [0.25, 0.3) is 0 Å². The average molecular weight is 356 g/mol. The third kappa shape index (κ3) is 5.15. The molecule has 0 amide bonds. The van der Waals surface area contributed by atoms with Crippen molar-refractivity contribution in [2.75, 3.05) is 31.5 Å². The summed E-state index contributed by atoms with van der Waals surface area (Å²) >= 11 is 0. The molecular weight excluding hydrogens is 332 g/mol. The van der Waals surface area contributed by atoms with E-state index in [1.165, 1.54) is 25.0 Å². The number of hydrogen-bond acceptors (Lipinski definition) is 6. The number of primary sulfonamides is 1. The van der Waals surface area contributed by atoms with E-state index in [0.717, 1.165) is 38.0 Å². The van der Waals surface area contributed by atoms with E-state index in [-0.39, 0.29) is 10.6 Å². The molecule has 1 heterocycles. The first kappa shape index (κ1) is 18.6. The van der Waals surface area contributed by atoms with Gasteiger partial charge in [0.15, 0.2) is 0 Å². The smallest absolute Gasteiger partial charge is 0.293 e. The van der Waals surface area contributed by atoms with E-state index in [2.05, 4.69) is 17.1 Å². The Morgan fingerprint density at radius 1 is 1.38 bits per heavy atom. The fourth-order valence-corrected chi connectivity index (χ4v) is 3.33. The lowest BCUT2D eigenvalue weighted by atomic mass is 9.99. The van der Waals surface area contributed by atoms with Crippen molar-refractivity contribution in [1.82, 2.24) is 4.90 Å². The van der Waals surface area contributed by atoms with Gasteiger partial charge in [0.2, 0.25) is 10.0 Å². The molecule has 1 aromatic rings. The number of likely N-dealkylation sites (tertiary alicyclic amines) is 1. The number of sulfonamides is 1. The highest BCUT2D eigenvalue weighted by Gasteiger charge is 2.19. The maximum Gasteiger partial charge on any atom is 0.293 e. The molecule has 1 saturated heterocycles. The zero-order valence-electron chi connectivity index (χ0n) is 13.8. The van der Waals surface area contributed by atoms with E-state index in [0.29, 0.717) is 12.2 Å². The van der Waals surface area contributed by atoms with Gasteiger partial charge in [-0.05, 0) is 56.9 Å². The molecule has 0 radical (unpaired) electrons. The van der Waals surface area contributed by atoms with Crippen LogP contribution in [0.1, 0.15) is 26.2 Å². The van der Waals surface area contributed by atoms with E-state index < -0.39 is 14.9 Å². The fourth-order valence-electron chi connectivity index (χ4n) is 2.80. The van der Waals surface area contributed by atoms with Gasteiger partial charge in [0.1, 0.15) is 5.69 Å². The molecule has 8 nitrogen and oxygen atoms in total. The van der Waals surface area contributed by atoms with E-state index in [9.17, 15) is 18.5 Å². The number of nitrogens with one attached hydrogen (secondary N) is 1. The second-order valence-corrected chi connectivity index (χ2v) is 7.85. The molecule has 134 valence electrons. The highest BCUT2D eigenvalue weighted by Crippen LogP contribution is 2.27. The molecule has 0 unspecified atom stereocenters. The molecule has 0 bridgehead atoms. The Morgan fingerprint density at radius 2 is 2.04 bits per heavy atom. The molecule has 0 aliphatic carbocycles. The van der Waals surface area contributed by atoms with E-state index in [1.807, 2.05) is 0 Å². The van der Waals surface area contributed by atoms with Crippen molar-refractivity contribution < 1.29 is 13.3 Å². The Labute approximate surface area is 142 Å². The predicted molar refractivity (Wildman–Crippen MR) is 92.4 cm³/mol. The first-order valence-electron chi connectivity index (χ1n) is 8.05. The van der Waals surface area contributed by atoms with Crippen LogP contribution in [-0.4, -0.2) is 44.4 Å². The molecule has 0 aromatic heterocycles. The summed E-state index contributed by atoms with van der Waals surface area (Å²) in [5.41, 5.74) is 0.0213. The topological polar surface area (TPSA) is 119 Å². The van der Waals surface area contributed by atoms with Gasteiger partial charge in [-0.15, -0.1) is 0 Å². The Kier molecular flexibility index (Phi) is 6.14. The molecule has 1 aliphatic rings. The quantitative estimate of drug-likeness (QED) is 0.437. The fraction of sp³-hybridized carbons (Fsp3) is 0.600. The third-order valence-electron chi connectivity index (χ3n) is 4.34. The van der Waals surface area contributed by atoms with Gasteiger partial charge in [0.05, 0.1) is 9.82 Å². The lowest BCUT2D eigenvalue weighted by Crippen LogP contribution is -2.34. The monoisotopic (exact) mass is 356 g/mol. The number of nitrogens with zero attached hydrogens (tertiary/aromatic N) is 2. The molecule has 0 atom stereocenters. The molecule has 0 spiro atoms. The van der Waals surface area contributed by atoms with Crippen LogP contribution in [0.4, 0.5) is 11.4 Å². The van der Waals surface area contributed by atoms with Gasteiger partial charge in [0.25, 0.3) is 5.69 Å². The van der Waals surface area contributed by atoms with Crippen molar-refractivity contribution in [2.45, 2.75) is 31.1 Å². The van der Waals surface area contributed by atoms with Gasteiger partial charge in [-0.2, -0.15) is 0 Å². The number of hydrogen-bond donors (Lipinski definition) is 2. The van der Waals surface area contributed by atoms with Crippen molar-refractivity contribution in [2.24, 2.45) is 11.1 Å². The van der Waals surface area contributed by atoms with Crippen LogP contribution < -0.4 is 10.5 Å². The number of piperidine rings is 1. The van der Waals surface area contributed by atoms with Gasteiger partial charge in [-0.1, -0.05) is 6.92 Å². The van der Waals surface area contributed by atoms with E-state index in [4.69, 9.17) is 5.14 Å². The number of nitro benzene ring substituents is 1. The minimum atomic E-state index is -3.96. The molecule has 24 heavy (non-hydrogen) atoms. The maximum absolute atomic E-state index is 11.3. The van der Waals surface area contributed by atoms with Crippen LogP contribution in [0.5, 0.6) is 0 Å². The third-order valence-corrected chi connectivity index (χ3v) is 5.25. The second-order valence-electron chi connectivity index (χ2n) is 6.29. The number of anilines is 1. The molecule has 1 fully saturated rings. The summed E-state index contributed by atoms with van der Waals surface area (Å²) in [6, 6.07) is 3.65. The summed E-state index contributed by atoms with van der Waals surface area (Å²) in [4.78, 5) is 12.7. The molecule has 1 aromatic carbocycles. The highest BCUT2D eigenvalue weighted by atomic mass is 32.2. The van der Waals surface area contributed by atoms with E-state index >= 15 is 0 Å². The van der Waals surface area contributed by atoms with Crippen LogP contribution in [0.15, 0.2) is 23.1 Å². The minimum Gasteiger partial charge on any atom is -0.379 e. The largest absolute Gasteiger partial charge is 0.379 e. The zero-order chi connectivity index (χ0) is 17.7. The summed E-state index contributed by atoms with van der Waals surface area (Å²) in [7, 11) is -3.96. The number of rotatable bonds is 7. The summed E-state index contributed by atoms with van der Waals surface area (Å²) in [6.07, 6.45) is 3.30. The van der Waals surface area contributed by atoms with Crippen LogP contribution >= 0.6 is 0 Å². The van der Waals surface area contributed by atoms with Gasteiger partial charge in [-0.3, -0.25) is 10.1 Å². The molecule has 0 saturated carbocycles. The number of nitro groups is 1. The normalized spacial score (nSPS) is 16.9. The number of nitrogens with two attached hydrogens (primary N) is 1. The molecular formula is C15H24N4O4S. The number of benzene rings is 1. The zero-order valence-corrected chi connectivity index (χ0v) is 14.6. The average Bonchev–Trinajstić information content (AvgIpc) is 2.52. The molecule has 3 N–H and O–H groups in total. The van der Waals surface area contributed by atoms with Gasteiger partial charge < -0.3 is 10.2 Å². The highest BCUT2D eigenvalue weighted by molar-refractivity contribution is 7.89. The Balaban J connectivity index is 1.91. The molecule has 9 heteroatoms. The standard InChI is InChI=1S/C15H24N4O4S/c1-12-5-9-18(10-6-12)8-2-7-17-14-4-3-13(24(16,22)23)11-15(14)19(20)21/h3-4,11-12,17H,2,5-10H2,1H3,(H2,16,22,23). The first-order valence-corrected chi connectivity index (χ1v) is 9.59. The van der Waals surface area contributed by atoms with Crippen molar-refractivity contribution in [3.8, 4) is 0 Å². The summed E-state index contributed by atoms with van der Waals surface area (Å²) in [5, 5.41) is 19.2. The van der Waals surface area contributed by atoms with Crippen LogP contribution in [0, 0.1) is 16.0 Å². The van der Waals surface area contributed by atoms with Crippen molar-refractivity contribution >= 4 is 21.4 Å². The Hall–Kier alpha value is -1.71. The lowest BCUT2D eigenvalue weighted by Gasteiger charge is -2.30. The van der Waals surface area contributed by atoms with Crippen molar-refractivity contribution in [3.05, 3.63) is 28.3 Å². The summed E-state index contributed by atoms with van der Waals surface area (Å²) in [5.74, 6) is 0.791. The Morgan fingerprint density at radius 3 is 2.62 bits per heavy atom. The second kappa shape index (κ2) is 7.91. The van der Waals surface area contributed by atoms with Crippen LogP contribution in [0.2, 0.25) is 0 Å². The van der Waals surface area contributed by atoms with E-state index in [1.54, 1.807) is 0 Å². The van der Waals surface area contributed by atoms with Crippen molar-refractivity contribution in [1.29, 1.82) is 0 Å². The molecule has 2 rings (SSSR count). The SMILES string of the molecule is CC1CCN(CCCNc2ccc(S(N)(=O)=O)cc2[N+](=O)[O-])CC1. The maximum atomic E-state index is 11.3. The summed E-state index contributed by atoms with van der Waals surface area (Å²) < 4.78 is 22.6. The van der Waals surface area contributed by atoms with Crippen LogP contribution in [0.3, 0.4) is 0 Å². The van der Waals surface area contributed by atoms with Gasteiger partial charge in [-0.25, -0.2) is 13.6 Å². The minimum absolute atomic E-state index is 0.262.